The lowest BCUT2D eigenvalue weighted by molar-refractivity contribution is 0.0780. The molecule has 0 unspecified atom stereocenters. The van der Waals surface area contributed by atoms with Crippen LogP contribution in [0.3, 0.4) is 0 Å². The van der Waals surface area contributed by atoms with Crippen LogP contribution in [0.5, 0.6) is 0 Å². The summed E-state index contributed by atoms with van der Waals surface area (Å²) in [4.78, 5) is 13.6. The van der Waals surface area contributed by atoms with E-state index in [1.54, 1.807) is 18.0 Å². The van der Waals surface area contributed by atoms with E-state index in [9.17, 15) is 9.18 Å². The Morgan fingerprint density at radius 2 is 2.28 bits per heavy atom. The first-order valence-electron chi connectivity index (χ1n) is 5.80. The number of amides is 1. The van der Waals surface area contributed by atoms with Crippen molar-refractivity contribution in [3.05, 3.63) is 35.1 Å². The predicted octanol–water partition coefficient (Wildman–Crippen LogP) is 1.40. The molecule has 1 aliphatic carbocycles. The number of hydrogen-bond donors (Lipinski definition) is 1. The summed E-state index contributed by atoms with van der Waals surface area (Å²) in [7, 11) is 1.69. The van der Waals surface area contributed by atoms with Crippen LogP contribution in [0.1, 0.15) is 28.8 Å². The third kappa shape index (κ3) is 2.69. The van der Waals surface area contributed by atoms with Crippen LogP contribution < -0.4 is 0 Å². The summed E-state index contributed by atoms with van der Waals surface area (Å²) in [6.07, 6.45) is 1.98. The van der Waals surface area contributed by atoms with Gasteiger partial charge in [0.2, 0.25) is 0 Å². The molecule has 2 rings (SSSR count). The zero-order chi connectivity index (χ0) is 13.1. The van der Waals surface area contributed by atoms with Crippen molar-refractivity contribution in [3.63, 3.8) is 0 Å². The number of aliphatic hydroxyl groups excluding tert-OH is 1. The van der Waals surface area contributed by atoms with Crippen LogP contribution in [-0.4, -0.2) is 35.6 Å². The Bertz CT molecular complexity index is 526. The van der Waals surface area contributed by atoms with E-state index < -0.39 is 5.82 Å². The lowest BCUT2D eigenvalue weighted by Crippen LogP contribution is -2.29. The quantitative estimate of drug-likeness (QED) is 0.803. The van der Waals surface area contributed by atoms with Gasteiger partial charge in [-0.1, -0.05) is 11.8 Å². The Hall–Kier alpha value is -1.86. The molecule has 1 fully saturated rings. The van der Waals surface area contributed by atoms with Gasteiger partial charge in [-0.2, -0.15) is 0 Å². The minimum Gasteiger partial charge on any atom is -0.384 e. The summed E-state index contributed by atoms with van der Waals surface area (Å²) in [6.45, 7) is -0.271. The van der Waals surface area contributed by atoms with E-state index in [1.165, 1.54) is 12.1 Å². The Morgan fingerprint density at radius 1 is 1.56 bits per heavy atom. The zero-order valence-corrected chi connectivity index (χ0v) is 10.1. The average molecular weight is 247 g/mol. The minimum atomic E-state index is -0.572. The Morgan fingerprint density at radius 3 is 2.83 bits per heavy atom. The maximum absolute atomic E-state index is 13.8. The Kier molecular flexibility index (Phi) is 3.63. The molecular weight excluding hydrogens is 233 g/mol. The van der Waals surface area contributed by atoms with Gasteiger partial charge in [0.1, 0.15) is 12.4 Å². The van der Waals surface area contributed by atoms with Gasteiger partial charge in [-0.05, 0) is 31.0 Å². The molecule has 1 amide bonds. The molecule has 1 aliphatic rings. The van der Waals surface area contributed by atoms with Gasteiger partial charge in [-0.3, -0.25) is 4.79 Å². The third-order valence-corrected chi connectivity index (χ3v) is 2.93. The lowest BCUT2D eigenvalue weighted by atomic mass is 10.1. The Balaban J connectivity index is 2.21. The molecule has 94 valence electrons. The van der Waals surface area contributed by atoms with Crippen LogP contribution in [0.25, 0.3) is 0 Å². The zero-order valence-electron chi connectivity index (χ0n) is 10.1. The van der Waals surface area contributed by atoms with Crippen molar-refractivity contribution in [2.24, 2.45) is 0 Å². The van der Waals surface area contributed by atoms with Crippen molar-refractivity contribution in [1.29, 1.82) is 0 Å². The first-order chi connectivity index (χ1) is 8.63. The van der Waals surface area contributed by atoms with E-state index in [0.717, 1.165) is 12.8 Å². The smallest absolute Gasteiger partial charge is 0.256 e. The fraction of sp³-hybridized carbons (Fsp3) is 0.357. The van der Waals surface area contributed by atoms with E-state index in [1.807, 2.05) is 0 Å². The molecule has 18 heavy (non-hydrogen) atoms. The van der Waals surface area contributed by atoms with Crippen molar-refractivity contribution in [2.75, 3.05) is 13.7 Å². The molecule has 0 bridgehead atoms. The molecule has 0 spiro atoms. The molecule has 0 aromatic heterocycles. The average Bonchev–Trinajstić information content (AvgIpc) is 3.19. The summed E-state index contributed by atoms with van der Waals surface area (Å²) in [5.74, 6) is 4.17. The highest BCUT2D eigenvalue weighted by atomic mass is 19.1. The predicted molar refractivity (Wildman–Crippen MR) is 65.5 cm³/mol. The molecular formula is C14H14FNO2. The highest BCUT2D eigenvalue weighted by Gasteiger charge is 2.31. The fourth-order valence-corrected chi connectivity index (χ4v) is 1.73. The molecule has 1 saturated carbocycles. The number of rotatable bonds is 2. The van der Waals surface area contributed by atoms with Crippen molar-refractivity contribution in [1.82, 2.24) is 4.90 Å². The number of nitrogens with zero attached hydrogens (tertiary/aromatic N) is 1. The monoisotopic (exact) mass is 247 g/mol. The van der Waals surface area contributed by atoms with Crippen LogP contribution in [-0.2, 0) is 0 Å². The van der Waals surface area contributed by atoms with Gasteiger partial charge >= 0.3 is 0 Å². The first-order valence-corrected chi connectivity index (χ1v) is 5.80. The lowest BCUT2D eigenvalue weighted by Gasteiger charge is -2.16. The summed E-state index contributed by atoms with van der Waals surface area (Å²) < 4.78 is 13.8. The molecule has 1 N–H and O–H groups in total. The molecule has 3 nitrogen and oxygen atoms in total. The van der Waals surface area contributed by atoms with Gasteiger partial charge in [-0.25, -0.2) is 4.39 Å². The van der Waals surface area contributed by atoms with Crippen molar-refractivity contribution >= 4 is 5.91 Å². The number of benzene rings is 1. The first kappa shape index (κ1) is 12.6. The van der Waals surface area contributed by atoms with Gasteiger partial charge in [0.25, 0.3) is 5.91 Å². The fourth-order valence-electron chi connectivity index (χ4n) is 1.73. The van der Waals surface area contributed by atoms with Gasteiger partial charge < -0.3 is 10.0 Å². The number of hydrogen-bond acceptors (Lipinski definition) is 2. The van der Waals surface area contributed by atoms with Crippen molar-refractivity contribution in [2.45, 2.75) is 18.9 Å². The molecule has 1 aromatic rings. The number of aliphatic hydroxyl groups is 1. The summed E-state index contributed by atoms with van der Waals surface area (Å²) >= 11 is 0. The number of carbonyl (C=O) groups is 1. The molecule has 0 heterocycles. The molecule has 4 heteroatoms. The normalized spacial score (nSPS) is 13.7. The van der Waals surface area contributed by atoms with Crippen LogP contribution in [0.4, 0.5) is 4.39 Å². The third-order valence-electron chi connectivity index (χ3n) is 2.93. The number of carbonyl (C=O) groups excluding carboxylic acids is 1. The van der Waals surface area contributed by atoms with Crippen LogP contribution in [0.2, 0.25) is 0 Å². The topological polar surface area (TPSA) is 40.5 Å². The van der Waals surface area contributed by atoms with Gasteiger partial charge in [0.15, 0.2) is 0 Å². The highest BCUT2D eigenvalue weighted by molar-refractivity contribution is 5.94. The van der Waals surface area contributed by atoms with E-state index in [2.05, 4.69) is 11.8 Å². The maximum atomic E-state index is 13.8. The summed E-state index contributed by atoms with van der Waals surface area (Å²) in [5.41, 5.74) is 0.520. The molecule has 1 aromatic carbocycles. The van der Waals surface area contributed by atoms with E-state index >= 15 is 0 Å². The Labute approximate surface area is 105 Å². The van der Waals surface area contributed by atoms with Gasteiger partial charge in [0, 0.05) is 18.7 Å². The summed E-state index contributed by atoms with van der Waals surface area (Å²) in [6, 6.07) is 4.50. The van der Waals surface area contributed by atoms with E-state index in [0.29, 0.717) is 5.56 Å². The molecule has 0 radical (unpaired) electrons. The van der Waals surface area contributed by atoms with Crippen molar-refractivity contribution < 1.29 is 14.3 Å². The number of halogens is 1. The molecule has 0 aliphatic heterocycles. The largest absolute Gasteiger partial charge is 0.384 e. The van der Waals surface area contributed by atoms with Crippen LogP contribution in [0, 0.1) is 17.7 Å². The minimum absolute atomic E-state index is 0.0685. The highest BCUT2D eigenvalue weighted by Crippen LogP contribution is 2.27. The van der Waals surface area contributed by atoms with Crippen LogP contribution in [0.15, 0.2) is 18.2 Å². The molecule has 0 saturated heterocycles. The van der Waals surface area contributed by atoms with Crippen LogP contribution >= 0.6 is 0 Å². The SMILES string of the molecule is CN(C(=O)c1ccc(C#CCO)cc1F)C1CC1. The van der Waals surface area contributed by atoms with Crippen molar-refractivity contribution in [3.8, 4) is 11.8 Å². The molecule has 0 atom stereocenters. The standard InChI is InChI=1S/C14H14FNO2/c1-16(11-5-6-11)14(18)12-7-4-10(3-2-8-17)9-13(12)15/h4,7,9,11,17H,5-6,8H2,1H3. The van der Waals surface area contributed by atoms with Gasteiger partial charge in [-0.15, -0.1) is 0 Å². The van der Waals surface area contributed by atoms with Gasteiger partial charge in [0.05, 0.1) is 5.56 Å². The van der Waals surface area contributed by atoms with E-state index in [-0.39, 0.29) is 24.1 Å². The second-order valence-electron chi connectivity index (χ2n) is 4.30. The second-order valence-corrected chi connectivity index (χ2v) is 4.30. The van der Waals surface area contributed by atoms with E-state index in [4.69, 9.17) is 5.11 Å². The summed E-state index contributed by atoms with van der Waals surface area (Å²) in [5, 5.41) is 8.55. The maximum Gasteiger partial charge on any atom is 0.256 e. The second kappa shape index (κ2) is 5.19.